The van der Waals surface area contributed by atoms with Gasteiger partial charge in [0, 0.05) is 36.9 Å². The Balaban J connectivity index is 1.67. The molecule has 0 unspecified atom stereocenters. The van der Waals surface area contributed by atoms with Gasteiger partial charge in [-0.15, -0.1) is 0 Å². The molecule has 1 aromatic carbocycles. The Morgan fingerprint density at radius 2 is 1.97 bits per heavy atom. The van der Waals surface area contributed by atoms with Gasteiger partial charge in [0.1, 0.15) is 11.5 Å². The number of amides is 1. The second-order valence-electron chi connectivity index (χ2n) is 6.44. The van der Waals surface area contributed by atoms with Gasteiger partial charge in [0.05, 0.1) is 19.0 Å². The van der Waals surface area contributed by atoms with Crippen molar-refractivity contribution in [2.24, 2.45) is 4.99 Å². The zero-order chi connectivity index (χ0) is 22.2. The smallest absolute Gasteiger partial charge is 0.409 e. The first-order valence-corrected chi connectivity index (χ1v) is 10.3. The van der Waals surface area contributed by atoms with Gasteiger partial charge in [-0.25, -0.2) is 9.78 Å². The summed E-state index contributed by atoms with van der Waals surface area (Å²) in [5, 5.41) is 13.2. The minimum atomic E-state index is -0.317. The molecule has 0 aliphatic carbocycles. The molecule has 0 radical (unpaired) electrons. The average molecular weight is 464 g/mol. The summed E-state index contributed by atoms with van der Waals surface area (Å²) >= 11 is 11.1. The van der Waals surface area contributed by atoms with Crippen LogP contribution < -0.4 is 15.7 Å². The molecule has 1 aliphatic heterocycles. The van der Waals surface area contributed by atoms with Gasteiger partial charge in [0.15, 0.2) is 10.9 Å². The van der Waals surface area contributed by atoms with Crippen LogP contribution in [0.3, 0.4) is 0 Å². The number of piperazine rings is 1. The number of ether oxygens (including phenoxy) is 1. The molecular formula is C19H22ClN7O3S. The minimum Gasteiger partial charge on any atom is -0.450 e. The van der Waals surface area contributed by atoms with E-state index in [0.29, 0.717) is 55.0 Å². The van der Waals surface area contributed by atoms with Crippen molar-refractivity contribution in [1.29, 1.82) is 0 Å². The summed E-state index contributed by atoms with van der Waals surface area (Å²) in [7, 11) is 0. The largest absolute Gasteiger partial charge is 0.450 e. The number of aliphatic imine (C=N–C) groups is 1. The molecule has 31 heavy (non-hydrogen) atoms. The number of carbonyl (C=O) groups is 1. The third kappa shape index (κ3) is 6.23. The number of halogens is 1. The second-order valence-corrected chi connectivity index (χ2v) is 7.27. The van der Waals surface area contributed by atoms with Crippen molar-refractivity contribution in [1.82, 2.24) is 20.3 Å². The Morgan fingerprint density at radius 3 is 2.61 bits per heavy atom. The molecule has 164 valence electrons. The van der Waals surface area contributed by atoms with E-state index in [1.54, 1.807) is 42.3 Å². The maximum atomic E-state index is 11.9. The summed E-state index contributed by atoms with van der Waals surface area (Å²) in [6.07, 6.45) is 2.76. The summed E-state index contributed by atoms with van der Waals surface area (Å²) in [4.78, 5) is 28.4. The summed E-state index contributed by atoms with van der Waals surface area (Å²) < 4.78 is 5.04. The maximum absolute atomic E-state index is 11.9. The van der Waals surface area contributed by atoms with Crippen LogP contribution in [0.5, 0.6) is 0 Å². The van der Waals surface area contributed by atoms with Gasteiger partial charge in [-0.2, -0.15) is 4.99 Å². The van der Waals surface area contributed by atoms with Crippen LogP contribution in [0, 0.1) is 0 Å². The van der Waals surface area contributed by atoms with E-state index in [9.17, 15) is 10.0 Å². The first kappa shape index (κ1) is 22.7. The zero-order valence-electron chi connectivity index (χ0n) is 16.8. The summed E-state index contributed by atoms with van der Waals surface area (Å²) in [6.45, 7) is 4.30. The molecule has 2 aromatic rings. The summed E-state index contributed by atoms with van der Waals surface area (Å²) in [5.74, 6) is 0.645. The number of carbonyl (C=O) groups excluding carboxylic acids is 1. The molecule has 0 spiro atoms. The first-order valence-electron chi connectivity index (χ1n) is 9.54. The van der Waals surface area contributed by atoms with Crippen molar-refractivity contribution in [2.45, 2.75) is 6.92 Å². The number of hydrogen-bond acceptors (Lipinski definition) is 7. The molecule has 3 N–H and O–H groups in total. The van der Waals surface area contributed by atoms with Crippen molar-refractivity contribution >= 4 is 52.4 Å². The number of nitrogens with zero attached hydrogens (tertiary/aromatic N) is 5. The van der Waals surface area contributed by atoms with Crippen LogP contribution in [0.2, 0.25) is 5.02 Å². The molecule has 12 heteroatoms. The van der Waals surface area contributed by atoms with Crippen molar-refractivity contribution in [3.63, 3.8) is 0 Å². The third-order valence-electron chi connectivity index (χ3n) is 4.41. The predicted octanol–water partition coefficient (Wildman–Crippen LogP) is 2.53. The van der Waals surface area contributed by atoms with Crippen molar-refractivity contribution in [3.05, 3.63) is 47.4 Å². The van der Waals surface area contributed by atoms with Crippen LogP contribution in [-0.4, -0.2) is 69.9 Å². The highest BCUT2D eigenvalue weighted by atomic mass is 35.5. The van der Waals surface area contributed by atoms with E-state index in [2.05, 4.69) is 20.3 Å². The molecule has 2 heterocycles. The fourth-order valence-corrected chi connectivity index (χ4v) is 3.22. The third-order valence-corrected chi connectivity index (χ3v) is 4.85. The predicted molar refractivity (Wildman–Crippen MR) is 122 cm³/mol. The minimum absolute atomic E-state index is 0.0472. The standard InChI is InChI=1S/C19H22ClN7O3S/c1-2-30-19(28)27-9-7-26(8-10-27)16-12-21-11-15(23-16)17(25-29)24-18(31)22-14-5-3-13(20)4-6-14/h3-6,11-12,29H,2,7-10H2,1H3,(H2,22,24,25,31). The van der Waals surface area contributed by atoms with E-state index in [4.69, 9.17) is 28.6 Å². The van der Waals surface area contributed by atoms with Gasteiger partial charge in [0.2, 0.25) is 0 Å². The Morgan fingerprint density at radius 1 is 1.26 bits per heavy atom. The van der Waals surface area contributed by atoms with Crippen molar-refractivity contribution in [2.75, 3.05) is 43.0 Å². The first-order chi connectivity index (χ1) is 15.0. The van der Waals surface area contributed by atoms with E-state index in [1.165, 1.54) is 6.20 Å². The Labute approximate surface area is 189 Å². The molecule has 10 nitrogen and oxygen atoms in total. The molecule has 0 saturated carbocycles. The highest BCUT2D eigenvalue weighted by Gasteiger charge is 2.23. The summed E-state index contributed by atoms with van der Waals surface area (Å²) in [6, 6.07) is 6.95. The molecule has 0 atom stereocenters. The van der Waals surface area contributed by atoms with E-state index in [1.807, 2.05) is 10.4 Å². The quantitative estimate of drug-likeness (QED) is 0.272. The highest BCUT2D eigenvalue weighted by Crippen LogP contribution is 2.15. The number of hydroxylamine groups is 1. The fourth-order valence-electron chi connectivity index (χ4n) is 2.88. The van der Waals surface area contributed by atoms with Crippen LogP contribution in [0.1, 0.15) is 12.6 Å². The molecule has 1 aliphatic rings. The number of nitrogens with one attached hydrogen (secondary N) is 2. The normalized spacial score (nSPS) is 14.2. The maximum Gasteiger partial charge on any atom is 0.409 e. The van der Waals surface area contributed by atoms with E-state index >= 15 is 0 Å². The average Bonchev–Trinajstić information content (AvgIpc) is 2.79. The van der Waals surface area contributed by atoms with E-state index < -0.39 is 0 Å². The molecule has 3 rings (SSSR count). The number of anilines is 2. The number of thiocarbonyl (C=S) groups is 1. The van der Waals surface area contributed by atoms with Crippen molar-refractivity contribution < 1.29 is 14.7 Å². The van der Waals surface area contributed by atoms with Crippen LogP contribution in [-0.2, 0) is 4.74 Å². The number of benzene rings is 1. The lowest BCUT2D eigenvalue weighted by Crippen LogP contribution is -2.49. The topological polar surface area (TPSA) is 115 Å². The molecular weight excluding hydrogens is 442 g/mol. The summed E-state index contributed by atoms with van der Waals surface area (Å²) in [5.41, 5.74) is 3.04. The van der Waals surface area contributed by atoms with E-state index in [-0.39, 0.29) is 17.0 Å². The monoisotopic (exact) mass is 463 g/mol. The van der Waals surface area contributed by atoms with Gasteiger partial charge in [-0.1, -0.05) is 11.6 Å². The molecule has 1 fully saturated rings. The van der Waals surface area contributed by atoms with Crippen molar-refractivity contribution in [3.8, 4) is 0 Å². The van der Waals surface area contributed by atoms with E-state index in [0.717, 1.165) is 0 Å². The van der Waals surface area contributed by atoms with Crippen LogP contribution in [0.25, 0.3) is 0 Å². The lowest BCUT2D eigenvalue weighted by molar-refractivity contribution is 0.105. The van der Waals surface area contributed by atoms with Gasteiger partial charge in [-0.3, -0.25) is 15.7 Å². The Hall–Kier alpha value is -3.02. The number of rotatable bonds is 4. The Kier molecular flexibility index (Phi) is 7.93. The Bertz CT molecular complexity index is 950. The van der Waals surface area contributed by atoms with Gasteiger partial charge in [0.25, 0.3) is 0 Å². The second kappa shape index (κ2) is 10.8. The lowest BCUT2D eigenvalue weighted by atomic mass is 10.3. The van der Waals surface area contributed by atoms with Crippen LogP contribution >= 0.6 is 23.8 Å². The fraction of sp³-hybridized carbons (Fsp3) is 0.316. The molecule has 0 bridgehead atoms. The van der Waals surface area contributed by atoms with Gasteiger partial charge >= 0.3 is 6.09 Å². The van der Waals surface area contributed by atoms with Gasteiger partial charge in [-0.05, 0) is 43.4 Å². The number of hydrogen-bond donors (Lipinski definition) is 3. The molecule has 1 amide bonds. The highest BCUT2D eigenvalue weighted by molar-refractivity contribution is 7.80. The molecule has 1 saturated heterocycles. The lowest BCUT2D eigenvalue weighted by Gasteiger charge is -2.34. The number of amidine groups is 1. The van der Waals surface area contributed by atoms with Gasteiger partial charge < -0.3 is 19.9 Å². The number of aromatic nitrogens is 2. The zero-order valence-corrected chi connectivity index (χ0v) is 18.4. The SMILES string of the molecule is CCOC(=O)N1CCN(c2cncc(C(=NC(=S)Nc3ccc(Cl)cc3)NO)n2)CC1. The molecule has 1 aromatic heterocycles. The van der Waals surface area contributed by atoms with Crippen LogP contribution in [0.4, 0.5) is 16.3 Å². The van der Waals surface area contributed by atoms with Crippen LogP contribution in [0.15, 0.2) is 41.7 Å².